The SMILES string of the molecule is CC1SCC(C(=O)Cc2ccc(Cl)cc2)SC1C. The maximum atomic E-state index is 12.2. The summed E-state index contributed by atoms with van der Waals surface area (Å²) in [5, 5.41) is 2.07. The Bertz CT molecular complexity index is 418. The highest BCUT2D eigenvalue weighted by atomic mass is 35.5. The molecule has 3 atom stereocenters. The summed E-state index contributed by atoms with van der Waals surface area (Å²) in [5.41, 5.74) is 1.06. The average molecular weight is 301 g/mol. The first kappa shape index (κ1) is 14.3. The second-order valence-corrected chi connectivity index (χ2v) is 8.07. The van der Waals surface area contributed by atoms with E-state index >= 15 is 0 Å². The van der Waals surface area contributed by atoms with E-state index in [4.69, 9.17) is 11.6 Å². The average Bonchev–Trinajstić information content (AvgIpc) is 2.35. The first-order valence-electron chi connectivity index (χ1n) is 6.10. The quantitative estimate of drug-likeness (QED) is 0.837. The van der Waals surface area contributed by atoms with Gasteiger partial charge in [0.15, 0.2) is 5.78 Å². The number of benzene rings is 1. The van der Waals surface area contributed by atoms with E-state index in [-0.39, 0.29) is 5.25 Å². The fourth-order valence-electron chi connectivity index (χ4n) is 1.87. The van der Waals surface area contributed by atoms with Gasteiger partial charge >= 0.3 is 0 Å². The van der Waals surface area contributed by atoms with Gasteiger partial charge in [0.05, 0.1) is 5.25 Å². The molecule has 18 heavy (non-hydrogen) atoms. The van der Waals surface area contributed by atoms with Crippen LogP contribution < -0.4 is 0 Å². The minimum atomic E-state index is 0.150. The molecule has 1 aliphatic heterocycles. The molecule has 4 heteroatoms. The van der Waals surface area contributed by atoms with Gasteiger partial charge in [-0.25, -0.2) is 0 Å². The lowest BCUT2D eigenvalue weighted by Gasteiger charge is -2.30. The summed E-state index contributed by atoms with van der Waals surface area (Å²) in [6.45, 7) is 4.45. The fraction of sp³-hybridized carbons (Fsp3) is 0.500. The van der Waals surface area contributed by atoms with E-state index < -0.39 is 0 Å². The van der Waals surface area contributed by atoms with Crippen molar-refractivity contribution < 1.29 is 4.79 Å². The molecule has 0 N–H and O–H groups in total. The molecule has 0 aromatic heterocycles. The molecule has 0 bridgehead atoms. The van der Waals surface area contributed by atoms with Crippen LogP contribution in [0.25, 0.3) is 0 Å². The Balaban J connectivity index is 1.94. The first-order chi connectivity index (χ1) is 8.56. The van der Waals surface area contributed by atoms with Crippen LogP contribution in [-0.2, 0) is 11.2 Å². The Labute approximate surface area is 122 Å². The molecule has 98 valence electrons. The number of hydrogen-bond donors (Lipinski definition) is 0. The van der Waals surface area contributed by atoms with Gasteiger partial charge in [-0.3, -0.25) is 4.79 Å². The van der Waals surface area contributed by atoms with Crippen LogP contribution in [-0.4, -0.2) is 27.3 Å². The molecule has 0 amide bonds. The Hall–Kier alpha value is -0.120. The van der Waals surface area contributed by atoms with E-state index in [1.807, 2.05) is 47.8 Å². The van der Waals surface area contributed by atoms with Crippen molar-refractivity contribution in [2.45, 2.75) is 36.0 Å². The predicted molar refractivity (Wildman–Crippen MR) is 82.9 cm³/mol. The molecule has 3 unspecified atom stereocenters. The molecule has 1 fully saturated rings. The summed E-state index contributed by atoms with van der Waals surface area (Å²) in [5.74, 6) is 1.29. The first-order valence-corrected chi connectivity index (χ1v) is 8.47. The third-order valence-corrected chi connectivity index (χ3v) is 6.89. The van der Waals surface area contributed by atoms with E-state index in [9.17, 15) is 4.79 Å². The zero-order valence-corrected chi connectivity index (χ0v) is 12.9. The Morgan fingerprint density at radius 3 is 2.56 bits per heavy atom. The van der Waals surface area contributed by atoms with Gasteiger partial charge in [-0.2, -0.15) is 11.8 Å². The number of ketones is 1. The van der Waals surface area contributed by atoms with Crippen molar-refractivity contribution in [3.05, 3.63) is 34.9 Å². The lowest BCUT2D eigenvalue weighted by Crippen LogP contribution is -2.32. The Kier molecular flexibility index (Phi) is 5.05. The highest BCUT2D eigenvalue weighted by Crippen LogP contribution is 2.36. The summed E-state index contributed by atoms with van der Waals surface area (Å²) in [7, 11) is 0. The number of hydrogen-bond acceptors (Lipinski definition) is 3. The highest BCUT2D eigenvalue weighted by molar-refractivity contribution is 8.08. The monoisotopic (exact) mass is 300 g/mol. The van der Waals surface area contributed by atoms with Crippen molar-refractivity contribution in [2.75, 3.05) is 5.75 Å². The molecule has 1 heterocycles. The molecular formula is C14H17ClOS2. The van der Waals surface area contributed by atoms with Gasteiger partial charge in [-0.15, -0.1) is 11.8 Å². The molecule has 1 aromatic rings. The minimum absolute atomic E-state index is 0.150. The molecule has 0 aliphatic carbocycles. The van der Waals surface area contributed by atoms with E-state index in [1.165, 1.54) is 0 Å². The minimum Gasteiger partial charge on any atom is -0.298 e. The van der Waals surface area contributed by atoms with Gasteiger partial charge in [0, 0.05) is 27.7 Å². The third-order valence-electron chi connectivity index (χ3n) is 3.20. The molecule has 1 aliphatic rings. The molecule has 1 nitrogen and oxygen atoms in total. The number of thioether (sulfide) groups is 2. The smallest absolute Gasteiger partial charge is 0.151 e. The molecule has 1 aromatic carbocycles. The molecule has 0 spiro atoms. The zero-order valence-electron chi connectivity index (χ0n) is 10.6. The van der Waals surface area contributed by atoms with Crippen LogP contribution in [0.1, 0.15) is 19.4 Å². The van der Waals surface area contributed by atoms with Gasteiger partial charge in [-0.1, -0.05) is 37.6 Å². The van der Waals surface area contributed by atoms with E-state index in [0.717, 1.165) is 16.3 Å². The van der Waals surface area contributed by atoms with Crippen LogP contribution in [0.5, 0.6) is 0 Å². The van der Waals surface area contributed by atoms with Gasteiger partial charge in [0.1, 0.15) is 0 Å². The molecule has 0 saturated carbocycles. The van der Waals surface area contributed by atoms with Gasteiger partial charge < -0.3 is 0 Å². The van der Waals surface area contributed by atoms with Crippen LogP contribution in [0, 0.1) is 0 Å². The summed E-state index contributed by atoms with van der Waals surface area (Å²) in [6, 6.07) is 7.56. The normalized spacial score (nSPS) is 28.1. The largest absolute Gasteiger partial charge is 0.298 e. The molecule has 1 saturated heterocycles. The third kappa shape index (κ3) is 3.69. The highest BCUT2D eigenvalue weighted by Gasteiger charge is 2.29. The Morgan fingerprint density at radius 1 is 1.28 bits per heavy atom. The molecular weight excluding hydrogens is 284 g/mol. The number of carbonyl (C=O) groups excluding carboxylic acids is 1. The van der Waals surface area contributed by atoms with Crippen molar-refractivity contribution in [3.63, 3.8) is 0 Å². The Morgan fingerprint density at radius 2 is 1.94 bits per heavy atom. The fourth-order valence-corrected chi connectivity index (χ4v) is 4.88. The number of carbonyl (C=O) groups is 1. The second kappa shape index (κ2) is 6.36. The van der Waals surface area contributed by atoms with Crippen molar-refractivity contribution in [1.29, 1.82) is 0 Å². The summed E-state index contributed by atoms with van der Waals surface area (Å²) < 4.78 is 0. The van der Waals surface area contributed by atoms with E-state index in [2.05, 4.69) is 13.8 Å². The van der Waals surface area contributed by atoms with Gasteiger partial charge in [-0.05, 0) is 17.7 Å². The predicted octanol–water partition coefficient (Wildman–Crippen LogP) is 4.08. The number of Topliss-reactive ketones (excluding diaryl/α,β-unsaturated/α-hetero) is 1. The van der Waals surface area contributed by atoms with Crippen molar-refractivity contribution in [2.24, 2.45) is 0 Å². The maximum Gasteiger partial charge on any atom is 0.151 e. The lowest BCUT2D eigenvalue weighted by atomic mass is 10.1. The maximum absolute atomic E-state index is 12.2. The van der Waals surface area contributed by atoms with Crippen LogP contribution in [0.2, 0.25) is 5.02 Å². The van der Waals surface area contributed by atoms with E-state index in [1.54, 1.807) is 0 Å². The standard InChI is InChI=1S/C14H17ClOS2/c1-9-10(2)18-14(8-17-9)13(16)7-11-3-5-12(15)6-4-11/h3-6,9-10,14H,7-8H2,1-2H3. The van der Waals surface area contributed by atoms with Gasteiger partial charge in [0.2, 0.25) is 0 Å². The topological polar surface area (TPSA) is 17.1 Å². The van der Waals surface area contributed by atoms with Crippen molar-refractivity contribution in [1.82, 2.24) is 0 Å². The summed E-state index contributed by atoms with van der Waals surface area (Å²) in [6.07, 6.45) is 0.524. The molecule has 0 radical (unpaired) electrons. The second-order valence-electron chi connectivity index (χ2n) is 4.64. The summed E-state index contributed by atoms with van der Waals surface area (Å²) in [4.78, 5) is 12.2. The lowest BCUT2D eigenvalue weighted by molar-refractivity contribution is -0.117. The van der Waals surface area contributed by atoms with Crippen LogP contribution in [0.15, 0.2) is 24.3 Å². The van der Waals surface area contributed by atoms with E-state index in [0.29, 0.717) is 22.7 Å². The zero-order chi connectivity index (χ0) is 13.1. The van der Waals surface area contributed by atoms with Crippen molar-refractivity contribution in [3.8, 4) is 0 Å². The van der Waals surface area contributed by atoms with Crippen LogP contribution >= 0.6 is 35.1 Å². The number of halogens is 1. The summed E-state index contributed by atoms with van der Waals surface area (Å²) >= 11 is 9.58. The van der Waals surface area contributed by atoms with Crippen LogP contribution in [0.3, 0.4) is 0 Å². The molecule has 2 rings (SSSR count). The number of rotatable bonds is 3. The van der Waals surface area contributed by atoms with Gasteiger partial charge in [0.25, 0.3) is 0 Å². The van der Waals surface area contributed by atoms with Crippen LogP contribution in [0.4, 0.5) is 0 Å². The van der Waals surface area contributed by atoms with Crippen molar-refractivity contribution >= 4 is 40.9 Å².